The van der Waals surface area contributed by atoms with Crippen LogP contribution in [0.15, 0.2) is 182 Å². The fraction of sp³-hybridized carbons (Fsp3) is 0.143. The van der Waals surface area contributed by atoms with Crippen molar-refractivity contribution >= 4 is 55.9 Å². The van der Waals surface area contributed by atoms with Crippen molar-refractivity contribution < 1.29 is 0 Å². The van der Waals surface area contributed by atoms with Crippen LogP contribution in [0.1, 0.15) is 51.8 Å². The van der Waals surface area contributed by atoms with Crippen LogP contribution in [0.5, 0.6) is 0 Å². The van der Waals surface area contributed by atoms with E-state index in [2.05, 4.69) is 217 Å². The fourth-order valence-electron chi connectivity index (χ4n) is 10.8. The van der Waals surface area contributed by atoms with Crippen molar-refractivity contribution in [3.05, 3.63) is 221 Å². The van der Waals surface area contributed by atoms with Crippen molar-refractivity contribution in [2.24, 2.45) is 0 Å². The maximum atomic E-state index is 2.58. The zero-order valence-electron chi connectivity index (χ0n) is 34.0. The number of fused-ring (bicyclic) bond motifs is 7. The minimum Gasteiger partial charge on any atom is -0.310 e. The van der Waals surface area contributed by atoms with E-state index in [-0.39, 0.29) is 5.41 Å². The Morgan fingerprint density at radius 3 is 1.51 bits per heavy atom. The maximum Gasteiger partial charge on any atom is 0.0562 e. The molecule has 2 aliphatic carbocycles. The summed E-state index contributed by atoms with van der Waals surface area (Å²) in [7, 11) is 0. The molecule has 1 atom stereocenters. The normalized spacial score (nSPS) is 15.5. The van der Waals surface area contributed by atoms with Gasteiger partial charge in [0.25, 0.3) is 0 Å². The smallest absolute Gasteiger partial charge is 0.0562 e. The molecule has 1 heterocycles. The molecule has 8 aromatic carbocycles. The van der Waals surface area contributed by atoms with E-state index < -0.39 is 0 Å². The van der Waals surface area contributed by atoms with Gasteiger partial charge in [-0.05, 0) is 164 Å². The standard InChI is InChI=1S/C56H47N3/c1-38-34-40(3)53-47-36-39(2)50(37-51(47)59(52(53)35-38)46-26-14-7-15-27-46)58(45-24-12-6-13-25-45)49-29-17-19-42-31-33-56(55(42)49)32-30-41-18-16-28-48(54(41)56)57(43-20-8-4-9-21-43)44-22-10-5-11-23-44/h4-29,34-37H,30-33H2,1-3H3/t56-/m1/s1. The van der Waals surface area contributed by atoms with E-state index in [1.165, 1.54) is 101 Å². The molecule has 0 saturated heterocycles. The third-order valence-corrected chi connectivity index (χ3v) is 13.2. The molecule has 2 aliphatic rings. The summed E-state index contributed by atoms with van der Waals surface area (Å²) in [4.78, 5) is 5.07. The van der Waals surface area contributed by atoms with Crippen LogP contribution in [0.3, 0.4) is 0 Å². The molecular formula is C56H47N3. The molecule has 1 aromatic heterocycles. The van der Waals surface area contributed by atoms with Crippen LogP contribution < -0.4 is 9.80 Å². The average molecular weight is 762 g/mol. The van der Waals surface area contributed by atoms with Gasteiger partial charge < -0.3 is 14.4 Å². The van der Waals surface area contributed by atoms with Crippen LogP contribution in [-0.2, 0) is 18.3 Å². The molecule has 59 heavy (non-hydrogen) atoms. The Morgan fingerprint density at radius 2 is 0.949 bits per heavy atom. The number of aryl methyl sites for hydroxylation is 5. The van der Waals surface area contributed by atoms with Gasteiger partial charge in [0.15, 0.2) is 0 Å². The number of hydrogen-bond acceptors (Lipinski definition) is 2. The van der Waals surface area contributed by atoms with Crippen molar-refractivity contribution in [2.75, 3.05) is 9.80 Å². The van der Waals surface area contributed by atoms with Gasteiger partial charge in [0.05, 0.1) is 28.1 Å². The third-order valence-electron chi connectivity index (χ3n) is 13.2. The van der Waals surface area contributed by atoms with Gasteiger partial charge in [0.2, 0.25) is 0 Å². The number of anilines is 6. The summed E-state index contributed by atoms with van der Waals surface area (Å²) in [5.41, 5.74) is 20.5. The third kappa shape index (κ3) is 5.56. The maximum absolute atomic E-state index is 2.58. The lowest BCUT2D eigenvalue weighted by Crippen LogP contribution is -2.27. The molecule has 11 rings (SSSR count). The van der Waals surface area contributed by atoms with Crippen molar-refractivity contribution in [3.8, 4) is 5.69 Å². The lowest BCUT2D eigenvalue weighted by molar-refractivity contribution is 0.508. The van der Waals surface area contributed by atoms with E-state index in [1.807, 2.05) is 0 Å². The quantitative estimate of drug-likeness (QED) is 0.160. The summed E-state index contributed by atoms with van der Waals surface area (Å²) < 4.78 is 2.48. The van der Waals surface area contributed by atoms with Gasteiger partial charge in [-0.1, -0.05) is 103 Å². The van der Waals surface area contributed by atoms with Gasteiger partial charge in [-0.25, -0.2) is 0 Å². The fourth-order valence-corrected chi connectivity index (χ4v) is 10.8. The SMILES string of the molecule is Cc1cc(C)c2c3cc(C)c(N(c4ccccc4)c4cccc5c4[C@]4(CCc6cccc(N(c7ccccc7)c7ccccc7)c64)CC5)cc3n(-c3ccccc3)c2c1. The minimum absolute atomic E-state index is 0.154. The van der Waals surface area contributed by atoms with Gasteiger partial charge >= 0.3 is 0 Å². The number of para-hydroxylation sites is 4. The second-order valence-electron chi connectivity index (χ2n) is 16.7. The lowest BCUT2D eigenvalue weighted by atomic mass is 9.74. The zero-order valence-corrected chi connectivity index (χ0v) is 34.0. The first kappa shape index (κ1) is 35.3. The Bertz CT molecular complexity index is 2980. The molecule has 1 spiro atoms. The van der Waals surface area contributed by atoms with Gasteiger partial charge in [0, 0.05) is 38.9 Å². The molecule has 9 aromatic rings. The molecule has 0 saturated carbocycles. The first-order valence-electron chi connectivity index (χ1n) is 21.1. The summed E-state index contributed by atoms with van der Waals surface area (Å²) >= 11 is 0. The molecule has 0 unspecified atom stereocenters. The monoisotopic (exact) mass is 761 g/mol. The van der Waals surface area contributed by atoms with E-state index in [0.29, 0.717) is 0 Å². The van der Waals surface area contributed by atoms with Gasteiger partial charge in [-0.15, -0.1) is 0 Å². The molecule has 3 nitrogen and oxygen atoms in total. The highest BCUT2D eigenvalue weighted by atomic mass is 15.2. The summed E-state index contributed by atoms with van der Waals surface area (Å²) in [5.74, 6) is 0. The van der Waals surface area contributed by atoms with Gasteiger partial charge in [0.1, 0.15) is 0 Å². The Balaban J connectivity index is 1.17. The second-order valence-corrected chi connectivity index (χ2v) is 16.7. The van der Waals surface area contributed by atoms with Crippen LogP contribution in [0.2, 0.25) is 0 Å². The van der Waals surface area contributed by atoms with E-state index in [1.54, 1.807) is 0 Å². The van der Waals surface area contributed by atoms with Crippen LogP contribution in [-0.4, -0.2) is 4.57 Å². The van der Waals surface area contributed by atoms with E-state index >= 15 is 0 Å². The average Bonchev–Trinajstić information content (AvgIpc) is 3.94. The van der Waals surface area contributed by atoms with Crippen LogP contribution in [0.4, 0.5) is 34.1 Å². The number of hydrogen-bond donors (Lipinski definition) is 0. The molecule has 0 radical (unpaired) electrons. The van der Waals surface area contributed by atoms with Crippen molar-refractivity contribution in [1.29, 1.82) is 0 Å². The van der Waals surface area contributed by atoms with E-state index in [4.69, 9.17) is 0 Å². The minimum atomic E-state index is -0.154. The highest BCUT2D eigenvalue weighted by Crippen LogP contribution is 2.60. The molecule has 286 valence electrons. The number of rotatable bonds is 7. The Morgan fingerprint density at radius 1 is 0.441 bits per heavy atom. The van der Waals surface area contributed by atoms with Gasteiger partial charge in [-0.3, -0.25) is 0 Å². The second kappa shape index (κ2) is 13.9. The topological polar surface area (TPSA) is 11.4 Å². The van der Waals surface area contributed by atoms with Crippen LogP contribution >= 0.6 is 0 Å². The van der Waals surface area contributed by atoms with E-state index in [9.17, 15) is 0 Å². The first-order valence-corrected chi connectivity index (χ1v) is 21.1. The first-order chi connectivity index (χ1) is 29.0. The Kier molecular flexibility index (Phi) is 8.34. The molecular weight excluding hydrogens is 715 g/mol. The van der Waals surface area contributed by atoms with Crippen molar-refractivity contribution in [2.45, 2.75) is 51.9 Å². The van der Waals surface area contributed by atoms with Crippen LogP contribution in [0.25, 0.3) is 27.5 Å². The molecule has 0 amide bonds. The predicted molar refractivity (Wildman–Crippen MR) is 248 cm³/mol. The Hall–Kier alpha value is -6.84. The van der Waals surface area contributed by atoms with Crippen molar-refractivity contribution in [1.82, 2.24) is 4.57 Å². The van der Waals surface area contributed by atoms with Crippen molar-refractivity contribution in [3.63, 3.8) is 0 Å². The molecule has 0 aliphatic heterocycles. The molecule has 0 fully saturated rings. The van der Waals surface area contributed by atoms with Crippen LogP contribution in [0, 0.1) is 20.8 Å². The number of nitrogens with zero attached hydrogens (tertiary/aromatic N) is 3. The highest BCUT2D eigenvalue weighted by Gasteiger charge is 2.49. The largest absolute Gasteiger partial charge is 0.310 e. The summed E-state index contributed by atoms with van der Waals surface area (Å²) in [6, 6.07) is 67.5. The van der Waals surface area contributed by atoms with E-state index in [0.717, 1.165) is 25.7 Å². The number of benzene rings is 8. The Labute approximate surface area is 347 Å². The molecule has 0 N–H and O–H groups in total. The summed E-state index contributed by atoms with van der Waals surface area (Å²) in [5, 5.41) is 2.62. The number of aromatic nitrogens is 1. The lowest BCUT2D eigenvalue weighted by Gasteiger charge is -2.37. The molecule has 0 bridgehead atoms. The zero-order chi connectivity index (χ0) is 39.7. The predicted octanol–water partition coefficient (Wildman–Crippen LogP) is 14.8. The highest BCUT2D eigenvalue weighted by molar-refractivity contribution is 6.12. The summed E-state index contributed by atoms with van der Waals surface area (Å²) in [6.07, 6.45) is 4.28. The van der Waals surface area contributed by atoms with Gasteiger partial charge in [-0.2, -0.15) is 0 Å². The molecule has 3 heteroatoms. The summed E-state index contributed by atoms with van der Waals surface area (Å²) in [6.45, 7) is 6.78.